The van der Waals surface area contributed by atoms with E-state index in [4.69, 9.17) is 0 Å². The molecule has 25 heavy (non-hydrogen) atoms. The number of amides is 2. The standard InChI is InChI=1S/C17H21N3O4S/c1-10-4-5-14(11(2)8-10)20-17(22)15(12(3)19-20)16(21)18-13-6-7-25(23,24)9-13/h4-5,8,13,15H,6-7,9H2,1-3H3,(H,18,21)/t13-,15-/m1/s1. The zero-order chi connectivity index (χ0) is 18.4. The highest BCUT2D eigenvalue weighted by molar-refractivity contribution is 7.91. The van der Waals surface area contributed by atoms with E-state index in [2.05, 4.69) is 10.4 Å². The van der Waals surface area contributed by atoms with Gasteiger partial charge in [-0.3, -0.25) is 9.59 Å². The number of aryl methyl sites for hydroxylation is 2. The molecule has 2 atom stereocenters. The van der Waals surface area contributed by atoms with E-state index in [0.29, 0.717) is 17.8 Å². The number of benzene rings is 1. The molecule has 0 saturated carbocycles. The second-order valence-corrected chi connectivity index (χ2v) is 8.95. The average molecular weight is 363 g/mol. The fourth-order valence-corrected chi connectivity index (χ4v) is 4.95. The number of hydrogen-bond acceptors (Lipinski definition) is 5. The van der Waals surface area contributed by atoms with Crippen molar-refractivity contribution < 1.29 is 18.0 Å². The van der Waals surface area contributed by atoms with Crippen LogP contribution in [0.25, 0.3) is 0 Å². The SMILES string of the molecule is CC1=NN(c2ccc(C)cc2C)C(=O)[C@H]1C(=O)N[C@@H]1CCS(=O)(=O)C1. The van der Waals surface area contributed by atoms with Crippen molar-refractivity contribution >= 4 is 33.1 Å². The van der Waals surface area contributed by atoms with Crippen molar-refractivity contribution in [3.05, 3.63) is 29.3 Å². The van der Waals surface area contributed by atoms with Crippen LogP contribution in [0.3, 0.4) is 0 Å². The summed E-state index contributed by atoms with van der Waals surface area (Å²) in [6.45, 7) is 5.48. The van der Waals surface area contributed by atoms with Gasteiger partial charge in [-0.1, -0.05) is 17.7 Å². The van der Waals surface area contributed by atoms with E-state index in [1.807, 2.05) is 32.0 Å². The predicted molar refractivity (Wildman–Crippen MR) is 95.2 cm³/mol. The number of carbonyl (C=O) groups is 2. The van der Waals surface area contributed by atoms with Crippen LogP contribution >= 0.6 is 0 Å². The first-order valence-corrected chi connectivity index (χ1v) is 9.97. The molecule has 1 aromatic rings. The smallest absolute Gasteiger partial charge is 0.265 e. The summed E-state index contributed by atoms with van der Waals surface area (Å²) >= 11 is 0. The quantitative estimate of drug-likeness (QED) is 0.809. The summed E-state index contributed by atoms with van der Waals surface area (Å²) in [5.74, 6) is -1.91. The number of carbonyl (C=O) groups excluding carboxylic acids is 2. The van der Waals surface area contributed by atoms with Gasteiger partial charge >= 0.3 is 0 Å². The zero-order valence-electron chi connectivity index (χ0n) is 14.4. The first-order valence-electron chi connectivity index (χ1n) is 8.15. The molecule has 0 radical (unpaired) electrons. The van der Waals surface area contributed by atoms with Crippen molar-refractivity contribution in [2.75, 3.05) is 16.5 Å². The number of hydrazone groups is 1. The third kappa shape index (κ3) is 3.44. The van der Waals surface area contributed by atoms with Crippen molar-refractivity contribution in [2.24, 2.45) is 11.0 Å². The molecule has 0 aliphatic carbocycles. The minimum atomic E-state index is -3.10. The Morgan fingerprint density at radius 3 is 2.60 bits per heavy atom. The Hall–Kier alpha value is -2.22. The van der Waals surface area contributed by atoms with Crippen molar-refractivity contribution in [1.82, 2.24) is 5.32 Å². The van der Waals surface area contributed by atoms with E-state index < -0.39 is 33.6 Å². The molecule has 2 aliphatic rings. The van der Waals surface area contributed by atoms with Crippen LogP contribution in [0.4, 0.5) is 5.69 Å². The molecule has 7 nitrogen and oxygen atoms in total. The van der Waals surface area contributed by atoms with Gasteiger partial charge in [0, 0.05) is 6.04 Å². The molecule has 0 bridgehead atoms. The number of nitrogens with zero attached hydrogens (tertiary/aromatic N) is 2. The number of rotatable bonds is 3. The summed E-state index contributed by atoms with van der Waals surface area (Å²) in [6, 6.07) is 5.21. The van der Waals surface area contributed by atoms with Crippen LogP contribution in [-0.4, -0.2) is 43.5 Å². The van der Waals surface area contributed by atoms with Crippen LogP contribution in [0, 0.1) is 19.8 Å². The molecule has 0 unspecified atom stereocenters. The van der Waals surface area contributed by atoms with Gasteiger partial charge in [-0.15, -0.1) is 0 Å². The molecule has 2 aliphatic heterocycles. The van der Waals surface area contributed by atoms with Gasteiger partial charge in [0.25, 0.3) is 5.91 Å². The van der Waals surface area contributed by atoms with E-state index in [1.54, 1.807) is 6.92 Å². The summed E-state index contributed by atoms with van der Waals surface area (Å²) in [6.07, 6.45) is 0.381. The van der Waals surface area contributed by atoms with Gasteiger partial charge in [0.05, 0.1) is 22.9 Å². The lowest BCUT2D eigenvalue weighted by atomic mass is 10.0. The number of hydrogen-bond donors (Lipinski definition) is 1. The van der Waals surface area contributed by atoms with Crippen LogP contribution in [-0.2, 0) is 19.4 Å². The van der Waals surface area contributed by atoms with Crippen molar-refractivity contribution in [1.29, 1.82) is 0 Å². The van der Waals surface area contributed by atoms with Gasteiger partial charge in [0.2, 0.25) is 5.91 Å². The molecule has 2 heterocycles. The number of anilines is 1. The molecule has 1 aromatic carbocycles. The Morgan fingerprint density at radius 2 is 2.00 bits per heavy atom. The van der Waals surface area contributed by atoms with Crippen LogP contribution in [0.1, 0.15) is 24.5 Å². The molecule has 1 fully saturated rings. The second kappa shape index (κ2) is 6.25. The van der Waals surface area contributed by atoms with E-state index in [1.165, 1.54) is 5.01 Å². The largest absolute Gasteiger partial charge is 0.351 e. The molecule has 3 rings (SSSR count). The van der Waals surface area contributed by atoms with Crippen LogP contribution in [0.5, 0.6) is 0 Å². The second-order valence-electron chi connectivity index (χ2n) is 6.72. The monoisotopic (exact) mass is 363 g/mol. The van der Waals surface area contributed by atoms with E-state index in [9.17, 15) is 18.0 Å². The first kappa shape index (κ1) is 17.6. The van der Waals surface area contributed by atoms with E-state index >= 15 is 0 Å². The summed E-state index contributed by atoms with van der Waals surface area (Å²) in [7, 11) is -3.10. The zero-order valence-corrected chi connectivity index (χ0v) is 15.3. The maximum atomic E-state index is 12.7. The highest BCUT2D eigenvalue weighted by Crippen LogP contribution is 2.28. The summed E-state index contributed by atoms with van der Waals surface area (Å²) in [5.41, 5.74) is 3.02. The molecule has 1 saturated heterocycles. The summed E-state index contributed by atoms with van der Waals surface area (Å²) < 4.78 is 23.0. The van der Waals surface area contributed by atoms with Gasteiger partial charge in [-0.2, -0.15) is 10.1 Å². The Kier molecular flexibility index (Phi) is 4.40. The fraction of sp³-hybridized carbons (Fsp3) is 0.471. The summed E-state index contributed by atoms with van der Waals surface area (Å²) in [5, 5.41) is 8.21. The topological polar surface area (TPSA) is 95.9 Å². The minimum absolute atomic E-state index is 0.0678. The van der Waals surface area contributed by atoms with Gasteiger partial charge < -0.3 is 5.32 Å². The Labute approximate surface area is 147 Å². The van der Waals surface area contributed by atoms with E-state index in [0.717, 1.165) is 11.1 Å². The van der Waals surface area contributed by atoms with Crippen molar-refractivity contribution in [3.63, 3.8) is 0 Å². The normalized spacial score (nSPS) is 25.2. The van der Waals surface area contributed by atoms with Crippen molar-refractivity contribution in [2.45, 2.75) is 33.2 Å². The highest BCUT2D eigenvalue weighted by Gasteiger charge is 2.41. The molecule has 0 aromatic heterocycles. The van der Waals surface area contributed by atoms with Gasteiger partial charge in [-0.25, -0.2) is 8.42 Å². The molecular formula is C17H21N3O4S. The maximum Gasteiger partial charge on any atom is 0.265 e. The van der Waals surface area contributed by atoms with Gasteiger partial charge in [0.15, 0.2) is 15.8 Å². The molecule has 8 heteroatoms. The Balaban J connectivity index is 1.77. The fourth-order valence-electron chi connectivity index (χ4n) is 3.28. The first-order chi connectivity index (χ1) is 11.7. The van der Waals surface area contributed by atoms with Crippen molar-refractivity contribution in [3.8, 4) is 0 Å². The lowest BCUT2D eigenvalue weighted by molar-refractivity contribution is -0.130. The third-order valence-corrected chi connectivity index (χ3v) is 6.32. The molecule has 2 amide bonds. The van der Waals surface area contributed by atoms with Crippen LogP contribution in [0.2, 0.25) is 0 Å². The molecular weight excluding hydrogens is 342 g/mol. The average Bonchev–Trinajstić information content (AvgIpc) is 2.98. The van der Waals surface area contributed by atoms with Gasteiger partial charge in [0.1, 0.15) is 0 Å². The molecule has 0 spiro atoms. The van der Waals surface area contributed by atoms with Gasteiger partial charge in [-0.05, 0) is 38.8 Å². The number of nitrogens with one attached hydrogen (secondary N) is 1. The Bertz CT molecular complexity index is 876. The molecule has 1 N–H and O–H groups in total. The highest BCUT2D eigenvalue weighted by atomic mass is 32.2. The predicted octanol–water partition coefficient (Wildman–Crippen LogP) is 0.945. The summed E-state index contributed by atoms with van der Waals surface area (Å²) in [4.78, 5) is 25.2. The maximum absolute atomic E-state index is 12.7. The van der Waals surface area contributed by atoms with Crippen LogP contribution < -0.4 is 10.3 Å². The molecule has 134 valence electrons. The third-order valence-electron chi connectivity index (χ3n) is 4.55. The lowest BCUT2D eigenvalue weighted by Gasteiger charge is -2.18. The Morgan fingerprint density at radius 1 is 1.28 bits per heavy atom. The lowest BCUT2D eigenvalue weighted by Crippen LogP contribution is -2.45. The van der Waals surface area contributed by atoms with E-state index in [-0.39, 0.29) is 11.5 Å². The number of sulfone groups is 1. The minimum Gasteiger partial charge on any atom is -0.351 e. The van der Waals surface area contributed by atoms with Crippen LogP contribution in [0.15, 0.2) is 23.3 Å².